The molecule has 1 amide bonds. The molecule has 4 nitrogen and oxygen atoms in total. The lowest BCUT2D eigenvalue weighted by molar-refractivity contribution is -0.119. The number of nitrogens with one attached hydrogen (secondary N) is 1. The molecule has 1 rings (SSSR count). The Labute approximate surface area is 90.0 Å². The largest absolute Gasteiger partial charge is 0.365 e. The lowest BCUT2D eigenvalue weighted by Crippen LogP contribution is -2.38. The Balaban J connectivity index is 2.65. The number of aryl methyl sites for hydroxylation is 1. The maximum Gasteiger partial charge on any atom is 0.253 e. The molecule has 4 heteroatoms. The van der Waals surface area contributed by atoms with Gasteiger partial charge in [-0.2, -0.15) is 0 Å². The van der Waals surface area contributed by atoms with Crippen LogP contribution in [0, 0.1) is 0 Å². The zero-order chi connectivity index (χ0) is 11.3. The third-order valence-electron chi connectivity index (χ3n) is 2.33. The summed E-state index contributed by atoms with van der Waals surface area (Å²) in [5.74, 6) is 4.82. The highest BCUT2D eigenvalue weighted by Crippen LogP contribution is 2.13. The Hall–Kier alpha value is -1.55. The van der Waals surface area contributed by atoms with Gasteiger partial charge in [-0.3, -0.25) is 10.2 Å². The smallest absolute Gasteiger partial charge is 0.253 e. The number of nitrogens with two attached hydrogens (primary N) is 1. The van der Waals surface area contributed by atoms with Crippen molar-refractivity contribution in [2.24, 2.45) is 5.84 Å². The quantitative estimate of drug-likeness (QED) is 0.433. The van der Waals surface area contributed by atoms with Crippen molar-refractivity contribution in [3.63, 3.8) is 0 Å². The number of hydrogen-bond acceptors (Lipinski definition) is 3. The van der Waals surface area contributed by atoms with Gasteiger partial charge in [-0.1, -0.05) is 19.1 Å². The highest BCUT2D eigenvalue weighted by molar-refractivity contribution is 5.80. The van der Waals surface area contributed by atoms with E-state index in [9.17, 15) is 4.79 Å². The van der Waals surface area contributed by atoms with Crippen LogP contribution < -0.4 is 16.2 Å². The molecule has 0 bridgehead atoms. The average molecular weight is 207 g/mol. The van der Waals surface area contributed by atoms with Gasteiger partial charge in [-0.25, -0.2) is 5.84 Å². The second-order valence-corrected chi connectivity index (χ2v) is 3.44. The van der Waals surface area contributed by atoms with Crippen LogP contribution in [0.2, 0.25) is 0 Å². The van der Waals surface area contributed by atoms with E-state index < -0.39 is 0 Å². The molecule has 82 valence electrons. The number of hydrogen-bond donors (Lipinski definition) is 2. The van der Waals surface area contributed by atoms with Crippen molar-refractivity contribution in [1.82, 2.24) is 5.43 Å². The lowest BCUT2D eigenvalue weighted by Gasteiger charge is -2.18. The lowest BCUT2D eigenvalue weighted by atomic mass is 10.1. The van der Waals surface area contributed by atoms with Crippen LogP contribution in [0.15, 0.2) is 24.3 Å². The summed E-state index contributed by atoms with van der Waals surface area (Å²) in [6.45, 7) is 2.38. The molecule has 0 unspecified atom stereocenters. The number of amides is 1. The topological polar surface area (TPSA) is 58.4 Å². The van der Waals surface area contributed by atoms with Crippen molar-refractivity contribution in [2.45, 2.75) is 13.3 Å². The van der Waals surface area contributed by atoms with Gasteiger partial charge in [-0.15, -0.1) is 0 Å². The molecular formula is C11H17N3O. The van der Waals surface area contributed by atoms with E-state index in [2.05, 4.69) is 24.5 Å². The number of hydrazine groups is 1. The molecule has 0 saturated heterocycles. The fourth-order valence-electron chi connectivity index (χ4n) is 1.34. The molecule has 0 atom stereocenters. The standard InChI is InChI=1S/C11H17N3O/c1-3-9-4-6-10(7-5-9)14(2)8-11(15)13-12/h4-7H,3,8,12H2,1-2H3,(H,13,15). The van der Waals surface area contributed by atoms with Gasteiger partial charge in [0, 0.05) is 12.7 Å². The number of rotatable bonds is 4. The zero-order valence-corrected chi connectivity index (χ0v) is 9.16. The van der Waals surface area contributed by atoms with Gasteiger partial charge in [-0.05, 0) is 24.1 Å². The van der Waals surface area contributed by atoms with Crippen LogP contribution in [0.1, 0.15) is 12.5 Å². The summed E-state index contributed by atoms with van der Waals surface area (Å²) in [6.07, 6.45) is 1.02. The molecule has 1 aromatic carbocycles. The molecule has 0 spiro atoms. The molecule has 3 N–H and O–H groups in total. The van der Waals surface area contributed by atoms with Crippen LogP contribution in [0.4, 0.5) is 5.69 Å². The minimum atomic E-state index is -0.197. The van der Waals surface area contributed by atoms with Crippen LogP contribution in [-0.2, 0) is 11.2 Å². The normalized spacial score (nSPS) is 9.80. The van der Waals surface area contributed by atoms with E-state index in [0.717, 1.165) is 12.1 Å². The zero-order valence-electron chi connectivity index (χ0n) is 9.16. The molecule has 15 heavy (non-hydrogen) atoms. The van der Waals surface area contributed by atoms with E-state index in [4.69, 9.17) is 5.84 Å². The van der Waals surface area contributed by atoms with Gasteiger partial charge in [0.15, 0.2) is 0 Å². The van der Waals surface area contributed by atoms with E-state index in [1.807, 2.05) is 24.1 Å². The summed E-state index contributed by atoms with van der Waals surface area (Å²) in [7, 11) is 1.86. The van der Waals surface area contributed by atoms with E-state index >= 15 is 0 Å². The Morgan fingerprint density at radius 2 is 2.00 bits per heavy atom. The van der Waals surface area contributed by atoms with Crippen molar-refractivity contribution in [3.8, 4) is 0 Å². The highest BCUT2D eigenvalue weighted by atomic mass is 16.2. The molecule has 0 aromatic heterocycles. The average Bonchev–Trinajstić information content (AvgIpc) is 2.29. The van der Waals surface area contributed by atoms with Gasteiger partial charge in [0.1, 0.15) is 0 Å². The molecule has 0 saturated carbocycles. The van der Waals surface area contributed by atoms with Crippen LogP contribution in [-0.4, -0.2) is 19.5 Å². The first-order valence-corrected chi connectivity index (χ1v) is 4.97. The second kappa shape index (κ2) is 5.36. The summed E-state index contributed by atoms with van der Waals surface area (Å²) >= 11 is 0. The Morgan fingerprint density at radius 3 is 2.47 bits per heavy atom. The van der Waals surface area contributed by atoms with Crippen LogP contribution in [0.3, 0.4) is 0 Å². The van der Waals surface area contributed by atoms with Gasteiger partial charge in [0.05, 0.1) is 6.54 Å². The Morgan fingerprint density at radius 1 is 1.40 bits per heavy atom. The number of likely N-dealkylation sites (N-methyl/N-ethyl adjacent to an activating group) is 1. The first-order valence-electron chi connectivity index (χ1n) is 4.97. The molecule has 0 fully saturated rings. The number of benzene rings is 1. The fraction of sp³-hybridized carbons (Fsp3) is 0.364. The molecular weight excluding hydrogens is 190 g/mol. The van der Waals surface area contributed by atoms with Crippen molar-refractivity contribution in [2.75, 3.05) is 18.5 Å². The minimum Gasteiger partial charge on any atom is -0.365 e. The molecule has 0 heterocycles. The number of nitrogens with zero attached hydrogens (tertiary/aromatic N) is 1. The van der Waals surface area contributed by atoms with Gasteiger partial charge < -0.3 is 4.90 Å². The van der Waals surface area contributed by atoms with Crippen molar-refractivity contribution >= 4 is 11.6 Å². The number of anilines is 1. The van der Waals surface area contributed by atoms with Gasteiger partial charge in [0.2, 0.25) is 0 Å². The SMILES string of the molecule is CCc1ccc(N(C)CC(=O)NN)cc1. The van der Waals surface area contributed by atoms with E-state index in [1.54, 1.807) is 0 Å². The molecule has 0 radical (unpaired) electrons. The Bertz CT molecular complexity index is 321. The fourth-order valence-corrected chi connectivity index (χ4v) is 1.34. The first-order chi connectivity index (χ1) is 7.17. The monoisotopic (exact) mass is 207 g/mol. The summed E-state index contributed by atoms with van der Waals surface area (Å²) < 4.78 is 0. The minimum absolute atomic E-state index is 0.197. The predicted octanol–water partition coefficient (Wildman–Crippen LogP) is 0.675. The predicted molar refractivity (Wildman–Crippen MR) is 61.4 cm³/mol. The molecule has 1 aromatic rings. The van der Waals surface area contributed by atoms with E-state index in [1.165, 1.54) is 5.56 Å². The van der Waals surface area contributed by atoms with E-state index in [-0.39, 0.29) is 12.5 Å². The highest BCUT2D eigenvalue weighted by Gasteiger charge is 2.05. The molecule has 0 aliphatic carbocycles. The summed E-state index contributed by atoms with van der Waals surface area (Å²) in [6, 6.07) is 8.13. The maximum atomic E-state index is 11.0. The number of carbonyl (C=O) groups excluding carboxylic acids is 1. The van der Waals surface area contributed by atoms with E-state index in [0.29, 0.717) is 0 Å². The first kappa shape index (κ1) is 11.5. The molecule has 0 aliphatic rings. The van der Waals surface area contributed by atoms with Crippen molar-refractivity contribution < 1.29 is 4.79 Å². The summed E-state index contributed by atoms with van der Waals surface area (Å²) in [5.41, 5.74) is 4.41. The third kappa shape index (κ3) is 3.25. The summed E-state index contributed by atoms with van der Waals surface area (Å²) in [4.78, 5) is 12.9. The van der Waals surface area contributed by atoms with Gasteiger partial charge >= 0.3 is 0 Å². The number of carbonyl (C=O) groups is 1. The van der Waals surface area contributed by atoms with Crippen LogP contribution >= 0.6 is 0 Å². The van der Waals surface area contributed by atoms with Crippen molar-refractivity contribution in [3.05, 3.63) is 29.8 Å². The maximum absolute atomic E-state index is 11.0. The van der Waals surface area contributed by atoms with Crippen LogP contribution in [0.25, 0.3) is 0 Å². The van der Waals surface area contributed by atoms with Crippen molar-refractivity contribution in [1.29, 1.82) is 0 Å². The third-order valence-corrected chi connectivity index (χ3v) is 2.33. The van der Waals surface area contributed by atoms with Gasteiger partial charge in [0.25, 0.3) is 5.91 Å². The Kier molecular flexibility index (Phi) is 4.12. The summed E-state index contributed by atoms with van der Waals surface area (Å²) in [5, 5.41) is 0. The molecule has 0 aliphatic heterocycles. The van der Waals surface area contributed by atoms with Crippen LogP contribution in [0.5, 0.6) is 0 Å². The second-order valence-electron chi connectivity index (χ2n) is 3.44.